The molecule has 1 aromatic carbocycles. The fourth-order valence-corrected chi connectivity index (χ4v) is 5.81. The van der Waals surface area contributed by atoms with E-state index in [0.29, 0.717) is 22.7 Å². The number of fused-ring (bicyclic) bond motifs is 2. The van der Waals surface area contributed by atoms with Crippen LogP contribution in [-0.4, -0.2) is 32.5 Å². The van der Waals surface area contributed by atoms with E-state index in [1.165, 1.54) is 50.3 Å². The molecule has 5 nitrogen and oxygen atoms in total. The van der Waals surface area contributed by atoms with E-state index in [0.717, 1.165) is 23.3 Å². The minimum absolute atomic E-state index is 0.101. The Balaban J connectivity index is 1.20. The molecule has 1 heterocycles. The van der Waals surface area contributed by atoms with Gasteiger partial charge in [0.2, 0.25) is 11.1 Å². The quantitative estimate of drug-likeness (QED) is 0.714. The van der Waals surface area contributed by atoms with Gasteiger partial charge in [0.1, 0.15) is 5.82 Å². The van der Waals surface area contributed by atoms with Crippen molar-refractivity contribution >= 4 is 17.7 Å². The lowest BCUT2D eigenvalue weighted by Crippen LogP contribution is -2.40. The van der Waals surface area contributed by atoms with Gasteiger partial charge in [-0.3, -0.25) is 4.79 Å². The molecule has 2 aromatic rings. The normalized spacial score (nSPS) is 27.1. The highest BCUT2D eigenvalue weighted by molar-refractivity contribution is 7.99. The van der Waals surface area contributed by atoms with Gasteiger partial charge in [-0.15, -0.1) is 5.10 Å². The standard InChI is InChI=1S/C22H28N4OS/c1-14(19-12-15-7-8-17(19)11-15)23-20(27)13-28-22-24-21(16-9-10-16)26(25-22)18-5-3-2-4-6-18/h2-6,14-17,19H,7-13H2,1H3,(H,23,27). The number of rotatable bonds is 7. The minimum atomic E-state index is 0.101. The van der Waals surface area contributed by atoms with E-state index in [1.807, 2.05) is 22.9 Å². The van der Waals surface area contributed by atoms with Crippen molar-refractivity contribution in [2.24, 2.45) is 17.8 Å². The SMILES string of the molecule is CC(NC(=O)CSc1nc(C2CC2)n(-c2ccccc2)n1)C1CC2CCC1C2. The Morgan fingerprint density at radius 2 is 2.04 bits per heavy atom. The van der Waals surface area contributed by atoms with Crippen LogP contribution in [0.4, 0.5) is 0 Å². The van der Waals surface area contributed by atoms with E-state index in [4.69, 9.17) is 4.98 Å². The van der Waals surface area contributed by atoms with Crippen molar-refractivity contribution in [1.29, 1.82) is 0 Å². The van der Waals surface area contributed by atoms with Gasteiger partial charge in [0.15, 0.2) is 0 Å². The molecule has 3 aliphatic carbocycles. The lowest BCUT2D eigenvalue weighted by Gasteiger charge is -2.28. The molecule has 1 aromatic heterocycles. The molecule has 0 radical (unpaired) electrons. The number of thioether (sulfide) groups is 1. The molecule has 0 spiro atoms. The first-order chi connectivity index (χ1) is 13.7. The lowest BCUT2D eigenvalue weighted by atomic mass is 9.84. The second-order valence-electron chi connectivity index (χ2n) is 8.76. The molecule has 5 rings (SSSR count). The van der Waals surface area contributed by atoms with E-state index in [-0.39, 0.29) is 11.9 Å². The molecule has 3 aliphatic rings. The Morgan fingerprint density at radius 3 is 2.71 bits per heavy atom. The van der Waals surface area contributed by atoms with Crippen LogP contribution in [0.5, 0.6) is 0 Å². The molecule has 0 aliphatic heterocycles. The van der Waals surface area contributed by atoms with Gasteiger partial charge in [-0.1, -0.05) is 36.4 Å². The van der Waals surface area contributed by atoms with Crippen molar-refractivity contribution in [2.45, 2.75) is 62.6 Å². The van der Waals surface area contributed by atoms with Crippen LogP contribution in [0.2, 0.25) is 0 Å². The van der Waals surface area contributed by atoms with Crippen LogP contribution in [0, 0.1) is 17.8 Å². The van der Waals surface area contributed by atoms with Crippen molar-refractivity contribution < 1.29 is 4.79 Å². The summed E-state index contributed by atoms with van der Waals surface area (Å²) in [6, 6.07) is 10.4. The monoisotopic (exact) mass is 396 g/mol. The summed E-state index contributed by atoms with van der Waals surface area (Å²) in [5, 5.41) is 8.64. The van der Waals surface area contributed by atoms with Crippen molar-refractivity contribution in [3.63, 3.8) is 0 Å². The first-order valence-electron chi connectivity index (χ1n) is 10.6. The summed E-state index contributed by atoms with van der Waals surface area (Å²) < 4.78 is 1.95. The molecule has 3 saturated carbocycles. The van der Waals surface area contributed by atoms with Crippen LogP contribution in [0.25, 0.3) is 5.69 Å². The van der Waals surface area contributed by atoms with Crippen LogP contribution in [0.3, 0.4) is 0 Å². The second kappa shape index (κ2) is 7.54. The molecule has 1 N–H and O–H groups in total. The summed E-state index contributed by atoms with van der Waals surface area (Å²) in [6.45, 7) is 2.18. The summed E-state index contributed by atoms with van der Waals surface area (Å²) in [5.41, 5.74) is 1.04. The number of carbonyl (C=O) groups is 1. The minimum Gasteiger partial charge on any atom is -0.353 e. The number of amides is 1. The highest BCUT2D eigenvalue weighted by atomic mass is 32.2. The Morgan fingerprint density at radius 1 is 1.21 bits per heavy atom. The van der Waals surface area contributed by atoms with E-state index in [2.05, 4.69) is 29.5 Å². The molecule has 28 heavy (non-hydrogen) atoms. The molecule has 4 unspecified atom stereocenters. The first kappa shape index (κ1) is 18.2. The zero-order valence-electron chi connectivity index (χ0n) is 16.4. The summed E-state index contributed by atoms with van der Waals surface area (Å²) >= 11 is 1.45. The third-order valence-corrected chi connectivity index (χ3v) is 7.55. The highest BCUT2D eigenvalue weighted by Gasteiger charge is 2.42. The Hall–Kier alpha value is -1.82. The molecule has 3 fully saturated rings. The number of benzene rings is 1. The van der Waals surface area contributed by atoms with E-state index >= 15 is 0 Å². The van der Waals surface area contributed by atoms with Crippen LogP contribution in [0.1, 0.15) is 57.2 Å². The predicted molar refractivity (Wildman–Crippen MR) is 111 cm³/mol. The van der Waals surface area contributed by atoms with Crippen molar-refractivity contribution in [1.82, 2.24) is 20.1 Å². The fraction of sp³-hybridized carbons (Fsp3) is 0.591. The molecule has 4 atom stereocenters. The lowest BCUT2D eigenvalue weighted by molar-refractivity contribution is -0.119. The van der Waals surface area contributed by atoms with Gasteiger partial charge in [0.05, 0.1) is 11.4 Å². The van der Waals surface area contributed by atoms with Crippen LogP contribution >= 0.6 is 11.8 Å². The maximum absolute atomic E-state index is 12.5. The van der Waals surface area contributed by atoms with Gasteiger partial charge in [-0.2, -0.15) is 0 Å². The number of para-hydroxylation sites is 1. The number of aromatic nitrogens is 3. The van der Waals surface area contributed by atoms with Crippen molar-refractivity contribution in [2.75, 3.05) is 5.75 Å². The third-order valence-electron chi connectivity index (χ3n) is 6.71. The van der Waals surface area contributed by atoms with Crippen LogP contribution in [-0.2, 0) is 4.79 Å². The van der Waals surface area contributed by atoms with Crippen LogP contribution < -0.4 is 5.32 Å². The second-order valence-corrected chi connectivity index (χ2v) is 9.70. The average molecular weight is 397 g/mol. The molecular weight excluding hydrogens is 368 g/mol. The number of hydrogen-bond acceptors (Lipinski definition) is 4. The number of nitrogens with zero attached hydrogens (tertiary/aromatic N) is 3. The maximum atomic E-state index is 12.5. The van der Waals surface area contributed by atoms with Gasteiger partial charge in [-0.05, 0) is 68.9 Å². The molecular formula is C22H28N4OS. The summed E-state index contributed by atoms with van der Waals surface area (Å²) in [7, 11) is 0. The molecule has 1 amide bonds. The van der Waals surface area contributed by atoms with Gasteiger partial charge in [0, 0.05) is 12.0 Å². The number of nitrogens with one attached hydrogen (secondary N) is 1. The Kier molecular flexibility index (Phi) is 4.91. The van der Waals surface area contributed by atoms with E-state index < -0.39 is 0 Å². The summed E-state index contributed by atoms with van der Waals surface area (Å²) in [5.74, 6) is 4.44. The molecule has 0 saturated heterocycles. The fourth-order valence-electron chi connectivity index (χ4n) is 5.17. The maximum Gasteiger partial charge on any atom is 0.230 e. The predicted octanol–water partition coefficient (Wildman–Crippen LogP) is 4.18. The molecule has 2 bridgehead atoms. The molecule has 6 heteroatoms. The number of hydrogen-bond donors (Lipinski definition) is 1. The summed E-state index contributed by atoms with van der Waals surface area (Å²) in [4.78, 5) is 17.2. The van der Waals surface area contributed by atoms with E-state index in [9.17, 15) is 4.79 Å². The largest absolute Gasteiger partial charge is 0.353 e. The van der Waals surface area contributed by atoms with E-state index in [1.54, 1.807) is 0 Å². The smallest absolute Gasteiger partial charge is 0.230 e. The van der Waals surface area contributed by atoms with Crippen molar-refractivity contribution in [3.05, 3.63) is 36.2 Å². The molecule has 148 valence electrons. The zero-order valence-corrected chi connectivity index (χ0v) is 17.2. The number of carbonyl (C=O) groups excluding carboxylic acids is 1. The average Bonchev–Trinajstić information content (AvgIpc) is 3.14. The highest BCUT2D eigenvalue weighted by Crippen LogP contribution is 2.49. The topological polar surface area (TPSA) is 59.8 Å². The van der Waals surface area contributed by atoms with Gasteiger partial charge in [-0.25, -0.2) is 9.67 Å². The zero-order chi connectivity index (χ0) is 19.1. The van der Waals surface area contributed by atoms with Crippen LogP contribution in [0.15, 0.2) is 35.5 Å². The Labute approximate surface area is 170 Å². The Bertz CT molecular complexity index is 847. The first-order valence-corrected chi connectivity index (χ1v) is 11.6. The van der Waals surface area contributed by atoms with Crippen molar-refractivity contribution in [3.8, 4) is 5.69 Å². The van der Waals surface area contributed by atoms with Gasteiger partial charge < -0.3 is 5.32 Å². The third kappa shape index (κ3) is 3.71. The van der Waals surface area contributed by atoms with Gasteiger partial charge in [0.25, 0.3) is 0 Å². The summed E-state index contributed by atoms with van der Waals surface area (Å²) in [6.07, 6.45) is 7.79. The van der Waals surface area contributed by atoms with Gasteiger partial charge >= 0.3 is 0 Å².